The first kappa shape index (κ1) is 17.6. The zero-order chi connectivity index (χ0) is 2.00. The number of rotatable bonds is 0. The van der Waals surface area contributed by atoms with Crippen molar-refractivity contribution in [3.05, 3.63) is 0 Å². The second-order valence-corrected chi connectivity index (χ2v) is 0. The molecule has 0 amide bonds. The predicted octanol–water partition coefficient (Wildman–Crippen LogP) is -0.126. The SMILES string of the molecule is [Cu].[O]=[W].[V]. The van der Waals surface area contributed by atoms with E-state index in [0.29, 0.717) is 19.8 Å². The van der Waals surface area contributed by atoms with Gasteiger partial charge in [-0.3, -0.25) is 0 Å². The van der Waals surface area contributed by atoms with Crippen molar-refractivity contribution in [1.82, 2.24) is 0 Å². The van der Waals surface area contributed by atoms with Crippen LogP contribution < -0.4 is 0 Å². The second-order valence-electron chi connectivity index (χ2n) is 0. The van der Waals surface area contributed by atoms with Gasteiger partial charge < -0.3 is 0 Å². The van der Waals surface area contributed by atoms with Gasteiger partial charge in [-0.05, 0) is 0 Å². The normalized spacial score (nSPS) is 1.00. The number of hydrogen-bond acceptors (Lipinski definition) is 1. The Hall–Kier alpha value is 1.59. The van der Waals surface area contributed by atoms with Crippen LogP contribution in [0.5, 0.6) is 0 Å². The first-order chi connectivity index (χ1) is 1.00. The second kappa shape index (κ2) is 23.4. The molecule has 1 nitrogen and oxygen atoms in total. The van der Waals surface area contributed by atoms with Gasteiger partial charge in [0.2, 0.25) is 0 Å². The zero-order valence-corrected chi connectivity index (χ0v) is 6.84. The average Bonchev–Trinajstić information content (AvgIpc) is 1.00. The van der Waals surface area contributed by atoms with E-state index < -0.39 is 0 Å². The molecule has 0 saturated heterocycles. The van der Waals surface area contributed by atoms with Gasteiger partial charge in [0.1, 0.15) is 0 Å². The average molecular weight is 314 g/mol. The molecule has 0 atom stereocenters. The summed E-state index contributed by atoms with van der Waals surface area (Å²) in [5.41, 5.74) is 0. The van der Waals surface area contributed by atoms with E-state index in [2.05, 4.69) is 0 Å². The van der Waals surface area contributed by atoms with Crippen LogP contribution in [0.1, 0.15) is 0 Å². The van der Waals surface area contributed by atoms with Crippen molar-refractivity contribution in [2.75, 3.05) is 0 Å². The van der Waals surface area contributed by atoms with Crippen molar-refractivity contribution in [2.45, 2.75) is 0 Å². The molecule has 28 valence electrons. The molecule has 0 aromatic heterocycles. The fourth-order valence-corrected chi connectivity index (χ4v) is 0. The summed E-state index contributed by atoms with van der Waals surface area (Å²) in [5.74, 6) is 0. The Morgan fingerprint density at radius 3 is 1.25 bits per heavy atom. The van der Waals surface area contributed by atoms with Gasteiger partial charge >= 0.3 is 23.2 Å². The van der Waals surface area contributed by atoms with Crippen molar-refractivity contribution in [2.24, 2.45) is 0 Å². The summed E-state index contributed by atoms with van der Waals surface area (Å²) in [6.07, 6.45) is 0. The van der Waals surface area contributed by atoms with Crippen LogP contribution in [0, 0.1) is 0 Å². The maximum atomic E-state index is 8.33. The van der Waals surface area contributed by atoms with E-state index in [4.69, 9.17) is 3.40 Å². The van der Waals surface area contributed by atoms with E-state index in [-0.39, 0.29) is 35.6 Å². The van der Waals surface area contributed by atoms with Gasteiger partial charge in [0.25, 0.3) is 0 Å². The van der Waals surface area contributed by atoms with Crippen molar-refractivity contribution in [3.63, 3.8) is 0 Å². The summed E-state index contributed by atoms with van der Waals surface area (Å²) in [6, 6.07) is 0. The van der Waals surface area contributed by atoms with E-state index in [1.165, 1.54) is 0 Å². The molecule has 4 heteroatoms. The first-order valence-corrected chi connectivity index (χ1v) is 1.36. The minimum absolute atomic E-state index is 0. The van der Waals surface area contributed by atoms with E-state index in [1.807, 2.05) is 0 Å². The Balaban J connectivity index is -0.00000000500. The predicted molar refractivity (Wildman–Crippen MR) is 0.686 cm³/mol. The summed E-state index contributed by atoms with van der Waals surface area (Å²) < 4.78 is 8.33. The fourth-order valence-electron chi connectivity index (χ4n) is 0. The minimum Gasteiger partial charge on any atom is 0 e. The molecule has 0 aliphatic carbocycles. The molecule has 0 aliphatic heterocycles. The van der Waals surface area contributed by atoms with Gasteiger partial charge in [-0.2, -0.15) is 0 Å². The van der Waals surface area contributed by atoms with Crippen LogP contribution in [0.2, 0.25) is 0 Å². The Morgan fingerprint density at radius 1 is 1.25 bits per heavy atom. The van der Waals surface area contributed by atoms with Gasteiger partial charge in [-0.15, -0.1) is 0 Å². The summed E-state index contributed by atoms with van der Waals surface area (Å²) in [7, 11) is 0. The van der Waals surface area contributed by atoms with Gasteiger partial charge in [0.05, 0.1) is 0 Å². The third kappa shape index (κ3) is 9.52. The summed E-state index contributed by atoms with van der Waals surface area (Å²) in [5, 5.41) is 0. The molecule has 0 unspecified atom stereocenters. The van der Waals surface area contributed by atoms with Crippen molar-refractivity contribution < 1.29 is 58.8 Å². The summed E-state index contributed by atoms with van der Waals surface area (Å²) >= 11 is 0.333. The van der Waals surface area contributed by atoms with Gasteiger partial charge in [0, 0.05) is 35.6 Å². The van der Waals surface area contributed by atoms with Crippen molar-refractivity contribution in [1.29, 1.82) is 0 Å². The topological polar surface area (TPSA) is 17.1 Å². The molecule has 0 fully saturated rings. The van der Waals surface area contributed by atoms with E-state index in [9.17, 15) is 0 Å². The molecule has 0 bridgehead atoms. The van der Waals surface area contributed by atoms with Crippen LogP contribution in [0.4, 0.5) is 0 Å². The fraction of sp³-hybridized carbons (Fsp3) is 0. The van der Waals surface area contributed by atoms with Crippen LogP contribution >= 0.6 is 0 Å². The van der Waals surface area contributed by atoms with E-state index in [0.717, 1.165) is 0 Å². The Morgan fingerprint density at radius 2 is 1.25 bits per heavy atom. The van der Waals surface area contributed by atoms with Crippen molar-refractivity contribution >= 4 is 0 Å². The Bertz CT molecular complexity index is 8.00. The standard InChI is InChI=1S/Cu.O.V.W. The molecule has 0 N–H and O–H groups in total. The largest absolute Gasteiger partial charge is 0 e. The molecular formula is CuOVW. The molecule has 0 aromatic carbocycles. The number of hydrogen-bond donors (Lipinski definition) is 0. The molecule has 0 saturated carbocycles. The third-order valence-corrected chi connectivity index (χ3v) is 0. The van der Waals surface area contributed by atoms with Crippen LogP contribution in [-0.2, 0) is 58.8 Å². The molecule has 2 radical (unpaired) electrons. The molecule has 0 heterocycles. The summed E-state index contributed by atoms with van der Waals surface area (Å²) in [4.78, 5) is 0. The smallest absolute Gasteiger partial charge is 0 e. The Labute approximate surface area is 58.5 Å². The molecule has 0 aliphatic rings. The molecule has 0 rings (SSSR count). The first-order valence-electron chi connectivity index (χ1n) is 0.167. The van der Waals surface area contributed by atoms with Gasteiger partial charge in [-0.1, -0.05) is 0 Å². The maximum absolute atomic E-state index is 8.33. The van der Waals surface area contributed by atoms with Crippen LogP contribution in [0.15, 0.2) is 0 Å². The van der Waals surface area contributed by atoms with Crippen molar-refractivity contribution in [3.8, 4) is 0 Å². The molecule has 0 aromatic rings. The van der Waals surface area contributed by atoms with Crippen LogP contribution in [0.25, 0.3) is 0 Å². The van der Waals surface area contributed by atoms with Gasteiger partial charge in [-0.25, -0.2) is 0 Å². The molecule has 0 spiro atoms. The quantitative estimate of drug-likeness (QED) is 0.570. The third-order valence-electron chi connectivity index (χ3n) is 0. The van der Waals surface area contributed by atoms with Gasteiger partial charge in [0.15, 0.2) is 0 Å². The maximum Gasteiger partial charge on any atom is 0 e. The zero-order valence-electron chi connectivity index (χ0n) is 1.57. The molecular weight excluding hydrogens is 314 g/mol. The summed E-state index contributed by atoms with van der Waals surface area (Å²) in [6.45, 7) is 0. The molecule has 4 heavy (non-hydrogen) atoms. The minimum atomic E-state index is 0. The monoisotopic (exact) mass is 314 g/mol. The Kier molecular flexibility index (Phi) is 103. The van der Waals surface area contributed by atoms with E-state index in [1.54, 1.807) is 0 Å². The van der Waals surface area contributed by atoms with Crippen LogP contribution in [-0.4, -0.2) is 0 Å². The van der Waals surface area contributed by atoms with Crippen LogP contribution in [0.3, 0.4) is 0 Å². The van der Waals surface area contributed by atoms with E-state index >= 15 is 0 Å².